The Kier molecular flexibility index (Phi) is 28.4. The van der Waals surface area contributed by atoms with Crippen molar-refractivity contribution < 1.29 is 68.1 Å². The maximum atomic E-state index is 13.8. The highest BCUT2D eigenvalue weighted by Crippen LogP contribution is 2.13. The van der Waals surface area contributed by atoms with Gasteiger partial charge in [-0.15, -0.1) is 0 Å². The molecule has 0 bridgehead atoms. The van der Waals surface area contributed by atoms with Gasteiger partial charge in [-0.05, 0) is 49.9 Å². The van der Waals surface area contributed by atoms with E-state index in [-0.39, 0.29) is 37.5 Å². The molecule has 0 rings (SSSR count). The number of hydrogen-bond donors (Lipinski definition) is 14. The average Bonchev–Trinajstić information content (AvgIpc) is 3.27. The summed E-state index contributed by atoms with van der Waals surface area (Å²) in [5, 5.41) is 49.0. The Morgan fingerprint density at radius 2 is 0.912 bits per heavy atom. The molecule has 0 aromatic rings. The molecule has 0 aliphatic heterocycles. The molecule has 10 amide bonds. The molecule has 17 N–H and O–H groups in total. The lowest BCUT2D eigenvalue weighted by atomic mass is 9.97. The Bertz CT molecular complexity index is 1750. The smallest absolute Gasteiger partial charge is 0.326 e. The first-order valence-corrected chi connectivity index (χ1v) is 22.9. The van der Waals surface area contributed by atoms with Crippen LogP contribution in [-0.4, -0.2) is 148 Å². The monoisotopic (exact) mass is 972 g/mol. The minimum absolute atomic E-state index is 0.0204. The van der Waals surface area contributed by atoms with Gasteiger partial charge >= 0.3 is 5.97 Å². The zero-order valence-corrected chi connectivity index (χ0v) is 40.6. The Morgan fingerprint density at radius 1 is 0.500 bits per heavy atom. The number of hydrogen-bond acceptors (Lipinski definition) is 14. The third-order valence-electron chi connectivity index (χ3n) is 11.4. The van der Waals surface area contributed by atoms with Gasteiger partial charge in [-0.25, -0.2) is 4.79 Å². The van der Waals surface area contributed by atoms with Crippen LogP contribution in [0.1, 0.15) is 114 Å². The van der Waals surface area contributed by atoms with Crippen molar-refractivity contribution >= 4 is 65.0 Å². The van der Waals surface area contributed by atoms with Gasteiger partial charge in [0.2, 0.25) is 59.1 Å². The van der Waals surface area contributed by atoms with Crippen LogP contribution in [0, 0.1) is 23.7 Å². The van der Waals surface area contributed by atoms with Gasteiger partial charge in [-0.1, -0.05) is 74.7 Å². The highest BCUT2D eigenvalue weighted by atomic mass is 16.4. The SMILES string of the molecule is CC[C@H](C)[C@H](N)C(=O)N[C@@H](CCC(N)=O)C(=O)N[C@@H](CC(C)C)C(=O)N[C@@H](CCC(N)=O)C(=O)NCC(=O)N[C@H](C(=O)N[C@H](C(=O)N[C@@H](CO)C(=O)N[C@H](C(=O)O)[C@@H](C)CC)[C@@H](C)O)[C@@H](C)CC. The van der Waals surface area contributed by atoms with Gasteiger partial charge in [0.05, 0.1) is 25.3 Å². The zero-order valence-electron chi connectivity index (χ0n) is 40.6. The summed E-state index contributed by atoms with van der Waals surface area (Å²) in [6, 6.07) is -11.3. The fourth-order valence-corrected chi connectivity index (χ4v) is 6.40. The van der Waals surface area contributed by atoms with Gasteiger partial charge in [0.25, 0.3) is 0 Å². The number of nitrogens with one attached hydrogen (secondary N) is 8. The van der Waals surface area contributed by atoms with Crippen LogP contribution in [0.5, 0.6) is 0 Å². The van der Waals surface area contributed by atoms with Crippen molar-refractivity contribution in [1.29, 1.82) is 0 Å². The summed E-state index contributed by atoms with van der Waals surface area (Å²) in [6.07, 6.45) is -1.61. The maximum Gasteiger partial charge on any atom is 0.326 e. The summed E-state index contributed by atoms with van der Waals surface area (Å²) in [7, 11) is 0. The van der Waals surface area contributed by atoms with Crippen LogP contribution in [0.25, 0.3) is 0 Å². The van der Waals surface area contributed by atoms with Crippen LogP contribution in [-0.2, 0) is 52.7 Å². The van der Waals surface area contributed by atoms with Crippen molar-refractivity contribution in [1.82, 2.24) is 42.5 Å². The number of nitrogens with two attached hydrogens (primary N) is 3. The lowest BCUT2D eigenvalue weighted by Crippen LogP contribution is -2.62. The van der Waals surface area contributed by atoms with Gasteiger partial charge in [-0.2, -0.15) is 0 Å². The van der Waals surface area contributed by atoms with Crippen molar-refractivity contribution in [2.75, 3.05) is 13.2 Å². The second-order valence-electron chi connectivity index (χ2n) is 17.6. The van der Waals surface area contributed by atoms with E-state index in [1.54, 1.807) is 48.5 Å². The Labute approximate surface area is 397 Å². The predicted octanol–water partition coefficient (Wildman–Crippen LogP) is -4.00. The van der Waals surface area contributed by atoms with Gasteiger partial charge in [0, 0.05) is 12.8 Å². The van der Waals surface area contributed by atoms with Gasteiger partial charge < -0.3 is 75.1 Å². The zero-order chi connectivity index (χ0) is 52.6. The fraction of sp³-hybridized carbons (Fsp3) is 0.744. The Balaban J connectivity index is 6.20. The highest BCUT2D eigenvalue weighted by molar-refractivity contribution is 5.98. The Hall–Kier alpha value is -5.95. The first-order valence-electron chi connectivity index (χ1n) is 22.9. The van der Waals surface area contributed by atoms with Crippen LogP contribution in [0.4, 0.5) is 0 Å². The summed E-state index contributed by atoms with van der Waals surface area (Å²) >= 11 is 0. The molecule has 12 atom stereocenters. The van der Waals surface area contributed by atoms with Crippen LogP contribution < -0.4 is 59.7 Å². The molecular formula is C43H77N11O14. The molecule has 0 heterocycles. The topological polar surface area (TPSA) is 423 Å². The molecule has 0 aliphatic carbocycles. The fourth-order valence-electron chi connectivity index (χ4n) is 6.40. The maximum absolute atomic E-state index is 13.8. The lowest BCUT2D eigenvalue weighted by molar-refractivity contribution is -0.144. The summed E-state index contributed by atoms with van der Waals surface area (Å²) in [6.45, 7) is 13.0. The van der Waals surface area contributed by atoms with E-state index in [1.807, 2.05) is 6.92 Å². The largest absolute Gasteiger partial charge is 0.480 e. The van der Waals surface area contributed by atoms with E-state index in [0.717, 1.165) is 6.92 Å². The number of carbonyl (C=O) groups is 11. The molecule has 25 nitrogen and oxygen atoms in total. The second-order valence-corrected chi connectivity index (χ2v) is 17.6. The summed E-state index contributed by atoms with van der Waals surface area (Å²) < 4.78 is 0. The number of aliphatic hydroxyl groups excluding tert-OH is 2. The van der Waals surface area contributed by atoms with Crippen LogP contribution in [0.15, 0.2) is 0 Å². The molecule has 0 saturated carbocycles. The number of rotatable bonds is 33. The van der Waals surface area contributed by atoms with Gasteiger partial charge in [0.1, 0.15) is 42.3 Å². The van der Waals surface area contributed by atoms with E-state index >= 15 is 0 Å². The molecule has 388 valence electrons. The van der Waals surface area contributed by atoms with Gasteiger partial charge in [-0.3, -0.25) is 47.9 Å². The molecule has 0 saturated heterocycles. The third kappa shape index (κ3) is 22.2. The first kappa shape index (κ1) is 62.1. The normalized spacial score (nSPS) is 16.5. The average molecular weight is 972 g/mol. The van der Waals surface area contributed by atoms with Crippen LogP contribution in [0.3, 0.4) is 0 Å². The van der Waals surface area contributed by atoms with Crippen LogP contribution in [0.2, 0.25) is 0 Å². The number of amides is 10. The quantitative estimate of drug-likeness (QED) is 0.0298. The molecule has 0 aromatic heterocycles. The Morgan fingerprint density at radius 3 is 1.37 bits per heavy atom. The van der Waals surface area contributed by atoms with Crippen molar-refractivity contribution in [3.8, 4) is 0 Å². The third-order valence-corrected chi connectivity index (χ3v) is 11.4. The second kappa shape index (κ2) is 31.2. The minimum atomic E-state index is -1.75. The minimum Gasteiger partial charge on any atom is -0.480 e. The summed E-state index contributed by atoms with van der Waals surface area (Å²) in [5.41, 5.74) is 16.7. The molecule has 0 unspecified atom stereocenters. The number of carboxylic acid groups (broad SMARTS) is 1. The summed E-state index contributed by atoms with van der Waals surface area (Å²) in [4.78, 5) is 142. The lowest BCUT2D eigenvalue weighted by Gasteiger charge is -2.29. The number of primary amides is 2. The molecule has 68 heavy (non-hydrogen) atoms. The molecule has 0 fully saturated rings. The van der Waals surface area contributed by atoms with E-state index in [2.05, 4.69) is 42.5 Å². The van der Waals surface area contributed by atoms with Crippen molar-refractivity contribution in [2.24, 2.45) is 40.9 Å². The number of carbonyl (C=O) groups excluding carboxylic acids is 10. The number of carboxylic acids is 1. The van der Waals surface area contributed by atoms with E-state index in [9.17, 15) is 68.1 Å². The van der Waals surface area contributed by atoms with E-state index in [1.165, 1.54) is 0 Å². The molecule has 0 aliphatic rings. The standard InChI is InChI=1S/C43H77N11O14/c1-10-21(6)32(46)40(64)49-26(14-16-30(45)58)37(61)50-27(17-20(4)5)38(62)48-25(13-15-29(44)57)36(60)47-18-31(59)52-33(22(7)11-2)41(65)54-35(24(9)56)42(66)51-28(19-55)39(63)53-34(43(67)68)23(8)12-3/h20-28,32-35,55-56H,10-19,46H2,1-9H3,(H2,44,57)(H2,45,58)(H,47,60)(H,48,62)(H,49,64)(H,50,61)(H,51,66)(H,52,59)(H,53,63)(H,54,65)(H,67,68)/t21-,22-,23-,24+,25-,26-,27-,28-,32-,33-,34-,35-/m0/s1. The number of aliphatic hydroxyl groups is 2. The molecular weight excluding hydrogens is 895 g/mol. The van der Waals surface area contributed by atoms with E-state index in [0.29, 0.717) is 19.3 Å². The van der Waals surface area contributed by atoms with Crippen LogP contribution >= 0.6 is 0 Å². The molecule has 0 spiro atoms. The van der Waals surface area contributed by atoms with Crippen molar-refractivity contribution in [3.05, 3.63) is 0 Å². The van der Waals surface area contributed by atoms with Gasteiger partial charge in [0.15, 0.2) is 0 Å². The first-order chi connectivity index (χ1) is 31.6. The molecule has 25 heteroatoms. The van der Waals surface area contributed by atoms with Crippen molar-refractivity contribution in [2.45, 2.75) is 168 Å². The molecule has 0 radical (unpaired) electrons. The van der Waals surface area contributed by atoms with E-state index in [4.69, 9.17) is 17.2 Å². The number of aliphatic carboxylic acids is 1. The molecule has 0 aromatic carbocycles. The highest BCUT2D eigenvalue weighted by Gasteiger charge is 2.36. The van der Waals surface area contributed by atoms with Crippen molar-refractivity contribution in [3.63, 3.8) is 0 Å². The summed E-state index contributed by atoms with van der Waals surface area (Å²) in [5.74, 6) is -12.0. The van der Waals surface area contributed by atoms with E-state index < -0.39 is 151 Å². The predicted molar refractivity (Wildman–Crippen MR) is 246 cm³/mol.